The lowest BCUT2D eigenvalue weighted by molar-refractivity contribution is -0.0505. The summed E-state index contributed by atoms with van der Waals surface area (Å²) in [5.74, 6) is 0.388. The monoisotopic (exact) mass is 146 g/mol. The van der Waals surface area contributed by atoms with Crippen LogP contribution in [-0.2, 0) is 9.57 Å². The molecule has 1 aliphatic heterocycles. The van der Waals surface area contributed by atoms with Gasteiger partial charge in [-0.3, -0.25) is 0 Å². The van der Waals surface area contributed by atoms with Crippen molar-refractivity contribution in [2.45, 2.75) is 12.6 Å². The van der Waals surface area contributed by atoms with E-state index in [1.807, 2.05) is 0 Å². The minimum Gasteiger partial charge on any atom is -0.366 e. The summed E-state index contributed by atoms with van der Waals surface area (Å²) in [4.78, 5) is 4.93. The van der Waals surface area contributed by atoms with Crippen LogP contribution in [0.3, 0.4) is 0 Å². The quantitative estimate of drug-likeness (QED) is 0.514. The highest BCUT2D eigenvalue weighted by Crippen LogP contribution is 2.09. The van der Waals surface area contributed by atoms with Crippen LogP contribution in [0.2, 0.25) is 0 Å². The van der Waals surface area contributed by atoms with Crippen LogP contribution >= 0.6 is 0 Å². The molecule has 0 saturated carbocycles. The summed E-state index contributed by atoms with van der Waals surface area (Å²) in [7, 11) is 1.63. The van der Waals surface area contributed by atoms with Crippen molar-refractivity contribution >= 4 is 0 Å². The van der Waals surface area contributed by atoms with E-state index in [4.69, 9.17) is 15.3 Å². The molecule has 1 aliphatic rings. The Kier molecular flexibility index (Phi) is 3.08. The fraction of sp³-hybridized carbons (Fsp3) is 1.00. The van der Waals surface area contributed by atoms with E-state index in [1.165, 1.54) is 0 Å². The van der Waals surface area contributed by atoms with Gasteiger partial charge in [0, 0.05) is 19.6 Å². The standard InChI is InChI=1S/C6H14N2O2/c1-9-6(7)5-2-3-10-8-4-5/h5-6,8H,2-4,7H2,1H3. The van der Waals surface area contributed by atoms with Gasteiger partial charge in [-0.2, -0.15) is 0 Å². The van der Waals surface area contributed by atoms with E-state index in [0.717, 1.165) is 19.6 Å². The van der Waals surface area contributed by atoms with Gasteiger partial charge in [-0.25, -0.2) is 5.48 Å². The molecule has 4 heteroatoms. The van der Waals surface area contributed by atoms with Gasteiger partial charge in [0.05, 0.1) is 6.61 Å². The SMILES string of the molecule is COC(N)C1CCONC1. The van der Waals surface area contributed by atoms with Gasteiger partial charge >= 0.3 is 0 Å². The van der Waals surface area contributed by atoms with Crippen LogP contribution in [-0.4, -0.2) is 26.5 Å². The molecule has 60 valence electrons. The number of ether oxygens (including phenoxy) is 1. The lowest BCUT2D eigenvalue weighted by Crippen LogP contribution is -2.42. The second kappa shape index (κ2) is 3.88. The number of rotatable bonds is 2. The molecule has 1 fully saturated rings. The van der Waals surface area contributed by atoms with Crippen molar-refractivity contribution in [1.82, 2.24) is 5.48 Å². The van der Waals surface area contributed by atoms with Crippen molar-refractivity contribution < 1.29 is 9.57 Å². The van der Waals surface area contributed by atoms with Gasteiger partial charge in [0.25, 0.3) is 0 Å². The van der Waals surface area contributed by atoms with Crippen molar-refractivity contribution in [3.8, 4) is 0 Å². The fourth-order valence-electron chi connectivity index (χ4n) is 1.02. The lowest BCUT2D eigenvalue weighted by atomic mass is 10.0. The number of methoxy groups -OCH3 is 1. The number of nitrogens with two attached hydrogens (primary N) is 1. The zero-order valence-corrected chi connectivity index (χ0v) is 6.17. The maximum atomic E-state index is 5.63. The van der Waals surface area contributed by atoms with Gasteiger partial charge in [-0.15, -0.1) is 0 Å². The smallest absolute Gasteiger partial charge is 0.109 e. The van der Waals surface area contributed by atoms with Crippen molar-refractivity contribution in [1.29, 1.82) is 0 Å². The van der Waals surface area contributed by atoms with E-state index < -0.39 is 0 Å². The number of hydrogen-bond acceptors (Lipinski definition) is 4. The van der Waals surface area contributed by atoms with Crippen LogP contribution in [0.5, 0.6) is 0 Å². The average molecular weight is 146 g/mol. The molecule has 0 aliphatic carbocycles. The van der Waals surface area contributed by atoms with Crippen molar-refractivity contribution in [2.75, 3.05) is 20.3 Å². The van der Waals surface area contributed by atoms with E-state index >= 15 is 0 Å². The largest absolute Gasteiger partial charge is 0.366 e. The second-order valence-electron chi connectivity index (χ2n) is 2.45. The third kappa shape index (κ3) is 1.91. The van der Waals surface area contributed by atoms with Gasteiger partial charge in [-0.1, -0.05) is 0 Å². The Balaban J connectivity index is 2.24. The van der Waals surface area contributed by atoms with Crippen LogP contribution in [0.4, 0.5) is 0 Å². The predicted octanol–water partition coefficient (Wildman–Crippen LogP) is -0.541. The summed E-state index contributed by atoms with van der Waals surface area (Å²) in [6.45, 7) is 1.51. The molecule has 0 aromatic rings. The van der Waals surface area contributed by atoms with Crippen LogP contribution in [0.25, 0.3) is 0 Å². The van der Waals surface area contributed by atoms with Gasteiger partial charge < -0.3 is 15.3 Å². The maximum absolute atomic E-state index is 5.63. The fourth-order valence-corrected chi connectivity index (χ4v) is 1.02. The Labute approximate surface area is 60.6 Å². The third-order valence-electron chi connectivity index (χ3n) is 1.78. The van der Waals surface area contributed by atoms with Gasteiger partial charge in [0.15, 0.2) is 0 Å². The number of nitrogens with one attached hydrogen (secondary N) is 1. The number of hydrogen-bond donors (Lipinski definition) is 2. The summed E-state index contributed by atoms with van der Waals surface area (Å²) in [5.41, 5.74) is 8.42. The Hall–Kier alpha value is -0.160. The molecular formula is C6H14N2O2. The Morgan fingerprint density at radius 3 is 3.10 bits per heavy atom. The minimum absolute atomic E-state index is 0.156. The van der Waals surface area contributed by atoms with Gasteiger partial charge in [0.2, 0.25) is 0 Å². The molecule has 10 heavy (non-hydrogen) atoms. The zero-order valence-electron chi connectivity index (χ0n) is 6.17. The van der Waals surface area contributed by atoms with Crippen LogP contribution < -0.4 is 11.2 Å². The number of hydroxylamine groups is 1. The van der Waals surface area contributed by atoms with E-state index in [9.17, 15) is 0 Å². The summed E-state index contributed by atoms with van der Waals surface area (Å²) < 4.78 is 4.97. The highest BCUT2D eigenvalue weighted by molar-refractivity contribution is 4.68. The average Bonchev–Trinajstić information content (AvgIpc) is 2.05. The molecule has 1 rings (SSSR count). The van der Waals surface area contributed by atoms with Crippen molar-refractivity contribution in [2.24, 2.45) is 11.7 Å². The van der Waals surface area contributed by atoms with Crippen molar-refractivity contribution in [3.63, 3.8) is 0 Å². The molecule has 0 radical (unpaired) electrons. The molecule has 0 aromatic heterocycles. The highest BCUT2D eigenvalue weighted by atomic mass is 16.6. The molecule has 0 spiro atoms. The first kappa shape index (κ1) is 7.94. The molecule has 4 nitrogen and oxygen atoms in total. The normalized spacial score (nSPS) is 30.0. The lowest BCUT2D eigenvalue weighted by Gasteiger charge is -2.26. The first-order valence-electron chi connectivity index (χ1n) is 3.47. The Morgan fingerprint density at radius 1 is 1.80 bits per heavy atom. The molecule has 0 aromatic carbocycles. The topological polar surface area (TPSA) is 56.5 Å². The van der Waals surface area contributed by atoms with Gasteiger partial charge in [0.1, 0.15) is 6.23 Å². The predicted molar refractivity (Wildman–Crippen MR) is 37.0 cm³/mol. The third-order valence-corrected chi connectivity index (χ3v) is 1.78. The molecule has 2 atom stereocenters. The Bertz CT molecular complexity index is 93.7. The molecule has 1 heterocycles. The first-order valence-corrected chi connectivity index (χ1v) is 3.47. The van der Waals surface area contributed by atoms with E-state index in [0.29, 0.717) is 5.92 Å². The molecule has 1 saturated heterocycles. The zero-order chi connectivity index (χ0) is 7.40. The van der Waals surface area contributed by atoms with E-state index in [1.54, 1.807) is 7.11 Å². The first-order chi connectivity index (χ1) is 4.84. The van der Waals surface area contributed by atoms with Crippen LogP contribution in [0, 0.1) is 5.92 Å². The minimum atomic E-state index is -0.156. The molecule has 0 amide bonds. The van der Waals surface area contributed by atoms with Gasteiger partial charge in [-0.05, 0) is 6.42 Å². The molecule has 0 bridgehead atoms. The summed E-state index contributed by atoms with van der Waals surface area (Å²) in [6.07, 6.45) is 0.818. The summed E-state index contributed by atoms with van der Waals surface area (Å²) in [5, 5.41) is 0. The molecular weight excluding hydrogens is 132 g/mol. The highest BCUT2D eigenvalue weighted by Gasteiger charge is 2.19. The van der Waals surface area contributed by atoms with E-state index in [2.05, 4.69) is 5.48 Å². The summed E-state index contributed by atoms with van der Waals surface area (Å²) >= 11 is 0. The van der Waals surface area contributed by atoms with Crippen molar-refractivity contribution in [3.05, 3.63) is 0 Å². The second-order valence-corrected chi connectivity index (χ2v) is 2.45. The molecule has 2 unspecified atom stereocenters. The van der Waals surface area contributed by atoms with E-state index in [-0.39, 0.29) is 6.23 Å². The molecule has 3 N–H and O–H groups in total. The summed E-state index contributed by atoms with van der Waals surface area (Å²) in [6, 6.07) is 0. The maximum Gasteiger partial charge on any atom is 0.109 e. The van der Waals surface area contributed by atoms with Crippen LogP contribution in [0.1, 0.15) is 6.42 Å². The Morgan fingerprint density at radius 2 is 2.60 bits per heavy atom. The van der Waals surface area contributed by atoms with Crippen LogP contribution in [0.15, 0.2) is 0 Å².